The fourth-order valence-electron chi connectivity index (χ4n) is 5.29. The van der Waals surface area contributed by atoms with Crippen molar-refractivity contribution in [3.05, 3.63) is 71.4 Å². The molecule has 2 saturated heterocycles. The molecule has 2 aromatic heterocycles. The van der Waals surface area contributed by atoms with E-state index in [0.717, 1.165) is 61.4 Å². The molecule has 6 rings (SSSR count). The van der Waals surface area contributed by atoms with Crippen LogP contribution in [0, 0.1) is 18.3 Å². The first kappa shape index (κ1) is 27.2. The monoisotopic (exact) mass is 559 g/mol. The van der Waals surface area contributed by atoms with Crippen LogP contribution in [0.2, 0.25) is 0 Å². The van der Waals surface area contributed by atoms with Gasteiger partial charge in [-0.15, -0.1) is 41.6 Å². The van der Waals surface area contributed by atoms with Gasteiger partial charge in [0, 0.05) is 49.8 Å². The first-order valence-electron chi connectivity index (χ1n) is 11.9. The summed E-state index contributed by atoms with van der Waals surface area (Å²) in [6.07, 6.45) is 10.2. The minimum atomic E-state index is 0. The van der Waals surface area contributed by atoms with Crippen molar-refractivity contribution in [2.75, 3.05) is 55.8 Å². The smallest absolute Gasteiger partial charge is 0.256 e. The molecule has 12 heteroatoms. The van der Waals surface area contributed by atoms with Gasteiger partial charge in [0.2, 0.25) is 0 Å². The van der Waals surface area contributed by atoms with E-state index in [2.05, 4.69) is 56.6 Å². The van der Waals surface area contributed by atoms with Crippen molar-refractivity contribution >= 4 is 48.3 Å². The van der Waals surface area contributed by atoms with Crippen LogP contribution in [0.3, 0.4) is 0 Å². The Kier molecular flexibility index (Phi) is 8.02. The van der Waals surface area contributed by atoms with Crippen LogP contribution in [0.25, 0.3) is 5.82 Å². The Balaban J connectivity index is 0.00000160. The molecule has 4 aliphatic rings. The van der Waals surface area contributed by atoms with Crippen LogP contribution in [0.15, 0.2) is 60.1 Å². The average Bonchev–Trinajstić information content (AvgIpc) is 3.67. The van der Waals surface area contributed by atoms with Gasteiger partial charge in [0.15, 0.2) is 11.5 Å². The summed E-state index contributed by atoms with van der Waals surface area (Å²) >= 11 is 1.82. The number of aromatic nitrogens is 3. The van der Waals surface area contributed by atoms with Crippen molar-refractivity contribution in [3.8, 4) is 11.9 Å². The zero-order chi connectivity index (χ0) is 24.0. The first-order chi connectivity index (χ1) is 17.1. The summed E-state index contributed by atoms with van der Waals surface area (Å²) in [4.78, 5) is 21.8. The Hall–Kier alpha value is -2.81. The molecule has 0 radical (unpaired) electrons. The number of hydrogen-bond donors (Lipinski definition) is 0. The highest BCUT2D eigenvalue weighted by Crippen LogP contribution is 2.38. The van der Waals surface area contributed by atoms with E-state index in [0.29, 0.717) is 22.5 Å². The van der Waals surface area contributed by atoms with Crippen molar-refractivity contribution in [2.24, 2.45) is 0 Å². The summed E-state index contributed by atoms with van der Waals surface area (Å²) in [5, 5.41) is 16.2. The Labute approximate surface area is 233 Å². The number of rotatable bonds is 4. The van der Waals surface area contributed by atoms with Gasteiger partial charge in [-0.05, 0) is 25.1 Å². The van der Waals surface area contributed by atoms with E-state index in [1.165, 1.54) is 5.70 Å². The number of carbonyl (C=O) groups excluding carboxylic acids is 1. The Bertz CT molecular complexity index is 1300. The van der Waals surface area contributed by atoms with E-state index in [1.807, 2.05) is 34.3 Å². The van der Waals surface area contributed by atoms with Crippen LogP contribution in [-0.2, 0) is 4.79 Å². The molecule has 0 bridgehead atoms. The lowest BCUT2D eigenvalue weighted by atomic mass is 10.2. The van der Waals surface area contributed by atoms with Crippen LogP contribution in [-0.4, -0.2) is 86.1 Å². The fraction of sp³-hybridized carbons (Fsp3) is 0.360. The number of carbonyl (C=O) groups is 1. The van der Waals surface area contributed by atoms with Crippen LogP contribution in [0.1, 0.15) is 11.3 Å². The number of piperazine rings is 1. The number of quaternary nitrogens is 1. The predicted octanol–water partition coefficient (Wildman–Crippen LogP) is 3.03. The van der Waals surface area contributed by atoms with Crippen molar-refractivity contribution < 1.29 is 9.39 Å². The highest BCUT2D eigenvalue weighted by atomic mass is 35.5. The molecule has 1 amide bonds. The molecule has 1 atom stereocenters. The molecule has 2 fully saturated rings. The molecule has 2 aromatic rings. The third kappa shape index (κ3) is 4.78. The van der Waals surface area contributed by atoms with Gasteiger partial charge in [0.05, 0.1) is 35.8 Å². The third-order valence-corrected chi connectivity index (χ3v) is 8.05. The zero-order valence-corrected chi connectivity index (χ0v) is 22.9. The van der Waals surface area contributed by atoms with Crippen molar-refractivity contribution in [2.45, 2.75) is 6.92 Å². The minimum absolute atomic E-state index is 0. The molecule has 0 aliphatic carbocycles. The maximum absolute atomic E-state index is 13.1. The fourth-order valence-corrected chi connectivity index (χ4v) is 6.24. The van der Waals surface area contributed by atoms with Crippen molar-refractivity contribution in [1.82, 2.24) is 24.7 Å². The Morgan fingerprint density at radius 1 is 1.16 bits per heavy atom. The third-order valence-electron chi connectivity index (χ3n) is 7.09. The Morgan fingerprint density at radius 3 is 2.65 bits per heavy atom. The van der Waals surface area contributed by atoms with Crippen LogP contribution < -0.4 is 4.90 Å². The number of nitriles is 1. The number of allylic oxidation sites excluding steroid dienone is 3. The predicted molar refractivity (Wildman–Crippen MR) is 149 cm³/mol. The normalized spacial score (nSPS) is 22.6. The lowest BCUT2D eigenvalue weighted by Crippen LogP contribution is -2.60. The summed E-state index contributed by atoms with van der Waals surface area (Å²) in [5.41, 5.74) is 3.54. The van der Waals surface area contributed by atoms with Gasteiger partial charge in [-0.2, -0.15) is 19.6 Å². The second-order valence-corrected chi connectivity index (χ2v) is 10.3. The number of halogens is 2. The molecule has 0 unspecified atom stereocenters. The van der Waals surface area contributed by atoms with Gasteiger partial charge in [-0.25, -0.2) is 4.98 Å². The number of fused-ring (bicyclic) bond motifs is 1. The van der Waals surface area contributed by atoms with E-state index >= 15 is 0 Å². The summed E-state index contributed by atoms with van der Waals surface area (Å²) in [6, 6.07) is 7.81. The van der Waals surface area contributed by atoms with Crippen LogP contribution >= 0.6 is 36.6 Å². The van der Waals surface area contributed by atoms with Gasteiger partial charge < -0.3 is 9.80 Å². The summed E-state index contributed by atoms with van der Waals surface area (Å²) in [7, 11) is 0. The lowest BCUT2D eigenvalue weighted by Gasteiger charge is -2.44. The van der Waals surface area contributed by atoms with Gasteiger partial charge >= 0.3 is 0 Å². The molecule has 4 aliphatic heterocycles. The van der Waals surface area contributed by atoms with Crippen LogP contribution in [0.4, 0.5) is 5.82 Å². The minimum Gasteiger partial charge on any atom is -0.353 e. The summed E-state index contributed by atoms with van der Waals surface area (Å²) in [6.45, 7) is 6.92. The molecular formula is C25H29Cl2N8OS+. The van der Waals surface area contributed by atoms with Crippen LogP contribution in [0.5, 0.6) is 0 Å². The maximum atomic E-state index is 13.1. The van der Waals surface area contributed by atoms with Gasteiger partial charge in [0.25, 0.3) is 5.91 Å². The molecule has 0 aromatic carbocycles. The second-order valence-electron chi connectivity index (χ2n) is 9.21. The number of anilines is 1. The number of hydrogen-bond acceptors (Lipinski definition) is 7. The highest BCUT2D eigenvalue weighted by Gasteiger charge is 2.48. The highest BCUT2D eigenvalue weighted by molar-refractivity contribution is 7.99. The van der Waals surface area contributed by atoms with Crippen molar-refractivity contribution in [3.63, 3.8) is 0 Å². The second kappa shape index (κ2) is 10.9. The van der Waals surface area contributed by atoms with E-state index < -0.39 is 0 Å². The number of aryl methyl sites for hydroxylation is 1. The average molecular weight is 561 g/mol. The van der Waals surface area contributed by atoms with E-state index in [4.69, 9.17) is 5.26 Å². The number of thioether (sulfide) groups is 1. The number of amides is 1. The standard InChI is InChI=1S/C25H27N8OS.2ClH/c1-19-13-24(32(28-19)23-5-4-20(15-26)16-27-23)29-6-8-31(9-7-29)33-11-2-3-22(33)14-21(17-33)25(34)30-10-12-35-18-30;;/h2-5,11,13-14,16H,6-10,12,17-18H2,1H3;2*1H/q+1;;/t33-;;/m1../s1. The quantitative estimate of drug-likeness (QED) is 0.532. The van der Waals surface area contributed by atoms with Gasteiger partial charge in [-0.1, -0.05) is 0 Å². The summed E-state index contributed by atoms with van der Waals surface area (Å²) in [5.74, 6) is 3.72. The zero-order valence-electron chi connectivity index (χ0n) is 20.5. The van der Waals surface area contributed by atoms with E-state index in [-0.39, 0.29) is 30.7 Å². The molecule has 0 N–H and O–H groups in total. The first-order valence-corrected chi connectivity index (χ1v) is 13.0. The molecule has 0 saturated carbocycles. The molecule has 37 heavy (non-hydrogen) atoms. The lowest BCUT2D eigenvalue weighted by molar-refractivity contribution is -0.948. The number of pyridine rings is 1. The largest absolute Gasteiger partial charge is 0.353 e. The molecule has 194 valence electrons. The maximum Gasteiger partial charge on any atom is 0.256 e. The molecule has 0 spiro atoms. The van der Waals surface area contributed by atoms with E-state index in [1.54, 1.807) is 12.3 Å². The van der Waals surface area contributed by atoms with Gasteiger partial charge in [-0.3, -0.25) is 4.79 Å². The SMILES string of the molecule is Cc1cc(N2CCN([N@@+]34C=CC=C3C=C(C(=O)N3CCSC3)C4)CC2)n(-c2ccc(C#N)cn2)n1.Cl.Cl. The van der Waals surface area contributed by atoms with Crippen molar-refractivity contribution in [1.29, 1.82) is 5.26 Å². The van der Waals surface area contributed by atoms with Gasteiger partial charge in [0.1, 0.15) is 24.6 Å². The summed E-state index contributed by atoms with van der Waals surface area (Å²) < 4.78 is 2.48. The number of nitrogens with zero attached hydrogens (tertiary/aromatic N) is 8. The topological polar surface area (TPSA) is 81.3 Å². The molecular weight excluding hydrogens is 531 g/mol. The Morgan fingerprint density at radius 2 is 1.97 bits per heavy atom. The molecule has 9 nitrogen and oxygen atoms in total. The van der Waals surface area contributed by atoms with E-state index in [9.17, 15) is 4.79 Å². The molecule has 6 heterocycles.